The Balaban J connectivity index is 2.26. The standard InChI is InChI=1S/C15H15N3O2/c1-9-15(12(17-16-9)7-14(19)20)11-8-18(2)13-6-4-3-5-10(11)13/h3-6,8H,7H2,1-2H3,(H,16,17)(H,19,20). The van der Waals surface area contributed by atoms with E-state index in [0.717, 1.165) is 27.7 Å². The second-order valence-electron chi connectivity index (χ2n) is 4.91. The van der Waals surface area contributed by atoms with E-state index in [0.29, 0.717) is 5.69 Å². The first-order valence-electron chi connectivity index (χ1n) is 6.38. The third-order valence-electron chi connectivity index (χ3n) is 3.51. The Kier molecular flexibility index (Phi) is 2.82. The van der Waals surface area contributed by atoms with E-state index in [2.05, 4.69) is 10.2 Å². The topological polar surface area (TPSA) is 70.9 Å². The Morgan fingerprint density at radius 1 is 1.40 bits per heavy atom. The van der Waals surface area contributed by atoms with Crippen molar-refractivity contribution in [1.82, 2.24) is 14.8 Å². The zero-order chi connectivity index (χ0) is 14.3. The Morgan fingerprint density at radius 3 is 2.90 bits per heavy atom. The summed E-state index contributed by atoms with van der Waals surface area (Å²) in [6, 6.07) is 8.07. The number of aryl methyl sites for hydroxylation is 2. The molecule has 3 rings (SSSR count). The molecule has 2 N–H and O–H groups in total. The Labute approximate surface area is 115 Å². The molecule has 0 radical (unpaired) electrons. The van der Waals surface area contributed by atoms with Crippen molar-refractivity contribution in [3.05, 3.63) is 41.9 Å². The lowest BCUT2D eigenvalue weighted by atomic mass is 10.0. The van der Waals surface area contributed by atoms with E-state index in [1.807, 2.05) is 49.0 Å². The second kappa shape index (κ2) is 4.52. The van der Waals surface area contributed by atoms with Crippen molar-refractivity contribution in [3.63, 3.8) is 0 Å². The third kappa shape index (κ3) is 1.87. The zero-order valence-corrected chi connectivity index (χ0v) is 11.3. The van der Waals surface area contributed by atoms with Gasteiger partial charge in [0.05, 0.1) is 12.1 Å². The smallest absolute Gasteiger partial charge is 0.309 e. The summed E-state index contributed by atoms with van der Waals surface area (Å²) in [6.07, 6.45) is 1.94. The van der Waals surface area contributed by atoms with Crippen LogP contribution >= 0.6 is 0 Å². The zero-order valence-electron chi connectivity index (χ0n) is 11.3. The van der Waals surface area contributed by atoms with Crippen LogP contribution in [0.5, 0.6) is 0 Å². The molecular weight excluding hydrogens is 254 g/mol. The highest BCUT2D eigenvalue weighted by atomic mass is 16.4. The number of benzene rings is 1. The lowest BCUT2D eigenvalue weighted by molar-refractivity contribution is -0.136. The van der Waals surface area contributed by atoms with E-state index in [9.17, 15) is 4.79 Å². The number of carboxylic acids is 1. The van der Waals surface area contributed by atoms with Crippen LogP contribution in [0.15, 0.2) is 30.5 Å². The van der Waals surface area contributed by atoms with Gasteiger partial charge >= 0.3 is 5.97 Å². The second-order valence-corrected chi connectivity index (χ2v) is 4.91. The quantitative estimate of drug-likeness (QED) is 0.767. The van der Waals surface area contributed by atoms with E-state index in [4.69, 9.17) is 5.11 Å². The molecule has 20 heavy (non-hydrogen) atoms. The summed E-state index contributed by atoms with van der Waals surface area (Å²) in [6.45, 7) is 1.91. The first-order chi connectivity index (χ1) is 9.58. The van der Waals surface area contributed by atoms with Crippen molar-refractivity contribution in [2.75, 3.05) is 0 Å². The minimum atomic E-state index is -0.877. The summed E-state index contributed by atoms with van der Waals surface area (Å²) >= 11 is 0. The highest BCUT2D eigenvalue weighted by molar-refractivity contribution is 5.97. The van der Waals surface area contributed by atoms with Gasteiger partial charge in [-0.2, -0.15) is 5.10 Å². The molecule has 0 aliphatic heterocycles. The number of hydrogen-bond acceptors (Lipinski definition) is 2. The van der Waals surface area contributed by atoms with Crippen LogP contribution in [0.2, 0.25) is 0 Å². The van der Waals surface area contributed by atoms with Crippen LogP contribution in [0.1, 0.15) is 11.4 Å². The molecule has 2 heterocycles. The van der Waals surface area contributed by atoms with Crippen molar-refractivity contribution in [1.29, 1.82) is 0 Å². The molecule has 5 heteroatoms. The summed E-state index contributed by atoms with van der Waals surface area (Å²) in [4.78, 5) is 11.0. The Morgan fingerprint density at radius 2 is 2.15 bits per heavy atom. The maximum atomic E-state index is 11.0. The number of rotatable bonds is 3. The molecule has 0 bridgehead atoms. The lowest BCUT2D eigenvalue weighted by Crippen LogP contribution is -2.01. The molecule has 0 aliphatic carbocycles. The summed E-state index contributed by atoms with van der Waals surface area (Å²) < 4.78 is 2.04. The molecule has 5 nitrogen and oxygen atoms in total. The molecule has 0 spiro atoms. The summed E-state index contributed by atoms with van der Waals surface area (Å²) in [5, 5.41) is 17.1. The van der Waals surface area contributed by atoms with Gasteiger partial charge in [-0.25, -0.2) is 0 Å². The van der Waals surface area contributed by atoms with Crippen LogP contribution in [0.25, 0.3) is 22.0 Å². The number of carboxylic acid groups (broad SMARTS) is 1. The molecule has 0 aliphatic rings. The van der Waals surface area contributed by atoms with Crippen LogP contribution in [-0.4, -0.2) is 25.8 Å². The Hall–Kier alpha value is -2.56. The molecule has 0 amide bonds. The average molecular weight is 269 g/mol. The van der Waals surface area contributed by atoms with E-state index < -0.39 is 5.97 Å². The van der Waals surface area contributed by atoms with Gasteiger partial charge in [0.25, 0.3) is 0 Å². The minimum absolute atomic E-state index is 0.0805. The van der Waals surface area contributed by atoms with Gasteiger partial charge in [-0.3, -0.25) is 9.89 Å². The lowest BCUT2D eigenvalue weighted by Gasteiger charge is -2.01. The first kappa shape index (κ1) is 12.5. The highest BCUT2D eigenvalue weighted by Crippen LogP contribution is 2.33. The maximum Gasteiger partial charge on any atom is 0.309 e. The Bertz CT molecular complexity index is 799. The van der Waals surface area contributed by atoms with E-state index in [1.165, 1.54) is 0 Å². The van der Waals surface area contributed by atoms with Gasteiger partial charge in [-0.05, 0) is 13.0 Å². The van der Waals surface area contributed by atoms with Crippen molar-refractivity contribution < 1.29 is 9.90 Å². The van der Waals surface area contributed by atoms with Gasteiger partial charge in [0.2, 0.25) is 0 Å². The van der Waals surface area contributed by atoms with Crippen LogP contribution < -0.4 is 0 Å². The number of fused-ring (bicyclic) bond motifs is 1. The van der Waals surface area contributed by atoms with Gasteiger partial charge < -0.3 is 9.67 Å². The third-order valence-corrected chi connectivity index (χ3v) is 3.51. The molecule has 0 atom stereocenters. The number of aromatic amines is 1. The maximum absolute atomic E-state index is 11.0. The van der Waals surface area contributed by atoms with Gasteiger partial charge in [0.1, 0.15) is 0 Å². The minimum Gasteiger partial charge on any atom is -0.481 e. The number of carbonyl (C=O) groups is 1. The molecule has 0 fully saturated rings. The molecule has 102 valence electrons. The first-order valence-corrected chi connectivity index (χ1v) is 6.38. The molecular formula is C15H15N3O2. The summed E-state index contributed by atoms with van der Waals surface area (Å²) in [5.74, 6) is -0.877. The predicted molar refractivity (Wildman–Crippen MR) is 76.6 cm³/mol. The molecule has 1 aromatic carbocycles. The van der Waals surface area contributed by atoms with E-state index in [-0.39, 0.29) is 6.42 Å². The monoisotopic (exact) mass is 269 g/mol. The molecule has 0 saturated heterocycles. The normalized spacial score (nSPS) is 11.1. The molecule has 0 unspecified atom stereocenters. The number of nitrogens with one attached hydrogen (secondary N) is 1. The van der Waals surface area contributed by atoms with Gasteiger partial charge in [0, 0.05) is 41.0 Å². The van der Waals surface area contributed by atoms with Gasteiger partial charge in [-0.1, -0.05) is 18.2 Å². The van der Waals surface area contributed by atoms with Crippen molar-refractivity contribution in [2.45, 2.75) is 13.3 Å². The fourth-order valence-corrected chi connectivity index (χ4v) is 2.65. The van der Waals surface area contributed by atoms with Crippen molar-refractivity contribution in [2.24, 2.45) is 7.05 Å². The van der Waals surface area contributed by atoms with Crippen LogP contribution in [-0.2, 0) is 18.3 Å². The summed E-state index contributed by atoms with van der Waals surface area (Å²) in [5.41, 5.74) is 4.49. The molecule has 3 aromatic rings. The average Bonchev–Trinajstić information content (AvgIpc) is 2.91. The number of aliphatic carboxylic acids is 1. The van der Waals surface area contributed by atoms with Crippen LogP contribution in [0.3, 0.4) is 0 Å². The molecule has 2 aromatic heterocycles. The van der Waals surface area contributed by atoms with Crippen molar-refractivity contribution >= 4 is 16.9 Å². The van der Waals surface area contributed by atoms with E-state index >= 15 is 0 Å². The van der Waals surface area contributed by atoms with Gasteiger partial charge in [0.15, 0.2) is 0 Å². The summed E-state index contributed by atoms with van der Waals surface area (Å²) in [7, 11) is 1.98. The molecule has 0 saturated carbocycles. The number of H-pyrrole nitrogens is 1. The van der Waals surface area contributed by atoms with Crippen LogP contribution in [0.4, 0.5) is 0 Å². The van der Waals surface area contributed by atoms with Gasteiger partial charge in [-0.15, -0.1) is 0 Å². The number of hydrogen-bond donors (Lipinski definition) is 2. The SMILES string of the molecule is Cc1[nH]nc(CC(=O)O)c1-c1cn(C)c2ccccc12. The van der Waals surface area contributed by atoms with Crippen molar-refractivity contribution in [3.8, 4) is 11.1 Å². The fourth-order valence-electron chi connectivity index (χ4n) is 2.65. The number of nitrogens with zero attached hydrogens (tertiary/aromatic N) is 2. The number of aromatic nitrogens is 3. The van der Waals surface area contributed by atoms with E-state index in [1.54, 1.807) is 0 Å². The largest absolute Gasteiger partial charge is 0.481 e. The van der Waals surface area contributed by atoms with Crippen LogP contribution in [0, 0.1) is 6.92 Å². The predicted octanol–water partition coefficient (Wildman–Crippen LogP) is 2.50. The highest BCUT2D eigenvalue weighted by Gasteiger charge is 2.18. The fraction of sp³-hybridized carbons (Fsp3) is 0.200. The number of para-hydroxylation sites is 1.